The molecule has 0 aromatic carbocycles. The number of carbonyl (C=O) groups is 2. The molecule has 0 heterocycles. The first-order chi connectivity index (χ1) is 10.4. The van der Waals surface area contributed by atoms with Crippen molar-refractivity contribution in [1.82, 2.24) is 0 Å². The van der Waals surface area contributed by atoms with Crippen molar-refractivity contribution < 1.29 is 14.7 Å². The van der Waals surface area contributed by atoms with Crippen LogP contribution in [0.15, 0.2) is 0 Å². The van der Waals surface area contributed by atoms with E-state index in [1.165, 1.54) is 0 Å². The van der Waals surface area contributed by atoms with Crippen LogP contribution in [-0.2, 0) is 9.59 Å². The summed E-state index contributed by atoms with van der Waals surface area (Å²) >= 11 is 0. The first-order valence-electron chi connectivity index (χ1n) is 9.15. The molecule has 0 bridgehead atoms. The Morgan fingerprint density at radius 3 is 2.55 bits per heavy atom. The fourth-order valence-electron chi connectivity index (χ4n) is 5.66. The molecule has 1 N–H and O–H groups in total. The predicted octanol–water partition coefficient (Wildman–Crippen LogP) is 3.53. The third-order valence-electron chi connectivity index (χ3n) is 7.11. The molecule has 0 aliphatic heterocycles. The molecule has 3 aliphatic carbocycles. The van der Waals surface area contributed by atoms with Crippen LogP contribution in [0.2, 0.25) is 0 Å². The SMILES string of the molecule is C[C@H]1CCC(=O)C[C@@H](O)CC[C@@H]2[C@@H]1CC[C@]1(C)C(=O)CC[C@@H]21. The zero-order valence-electron chi connectivity index (χ0n) is 14.0. The monoisotopic (exact) mass is 306 g/mol. The van der Waals surface area contributed by atoms with Crippen molar-refractivity contribution >= 4 is 11.6 Å². The lowest BCUT2D eigenvalue weighted by Crippen LogP contribution is -2.44. The molecule has 3 fully saturated rings. The molecule has 3 saturated carbocycles. The lowest BCUT2D eigenvalue weighted by molar-refractivity contribution is -0.131. The van der Waals surface area contributed by atoms with Crippen molar-refractivity contribution in [1.29, 1.82) is 0 Å². The first kappa shape index (κ1) is 16.2. The Hall–Kier alpha value is -0.700. The molecule has 3 nitrogen and oxygen atoms in total. The average molecular weight is 306 g/mol. The summed E-state index contributed by atoms with van der Waals surface area (Å²) in [6.45, 7) is 4.48. The summed E-state index contributed by atoms with van der Waals surface area (Å²) in [4.78, 5) is 24.3. The van der Waals surface area contributed by atoms with Crippen LogP contribution < -0.4 is 0 Å². The Kier molecular flexibility index (Phi) is 4.46. The van der Waals surface area contributed by atoms with Crippen molar-refractivity contribution in [2.75, 3.05) is 0 Å². The van der Waals surface area contributed by atoms with Gasteiger partial charge in [-0.3, -0.25) is 9.59 Å². The Morgan fingerprint density at radius 2 is 1.77 bits per heavy atom. The van der Waals surface area contributed by atoms with Gasteiger partial charge in [-0.25, -0.2) is 0 Å². The van der Waals surface area contributed by atoms with Gasteiger partial charge in [0.2, 0.25) is 0 Å². The van der Waals surface area contributed by atoms with E-state index < -0.39 is 6.10 Å². The van der Waals surface area contributed by atoms with Crippen molar-refractivity contribution in [2.45, 2.75) is 77.7 Å². The van der Waals surface area contributed by atoms with Crippen molar-refractivity contribution in [3.63, 3.8) is 0 Å². The Morgan fingerprint density at radius 1 is 1.00 bits per heavy atom. The molecule has 6 atom stereocenters. The number of Topliss-reactive ketones (excluding diaryl/α,β-unsaturated/α-hetero) is 2. The molecule has 3 rings (SSSR count). The molecule has 0 radical (unpaired) electrons. The highest BCUT2D eigenvalue weighted by Gasteiger charge is 2.54. The molecule has 124 valence electrons. The maximum atomic E-state index is 12.4. The van der Waals surface area contributed by atoms with E-state index in [0.29, 0.717) is 42.3 Å². The number of ketones is 2. The highest BCUT2D eigenvalue weighted by Crippen LogP contribution is 2.57. The minimum Gasteiger partial charge on any atom is -0.393 e. The maximum absolute atomic E-state index is 12.4. The molecule has 0 aromatic rings. The van der Waals surface area contributed by atoms with E-state index in [1.54, 1.807) is 0 Å². The first-order valence-corrected chi connectivity index (χ1v) is 9.15. The lowest BCUT2D eigenvalue weighted by Gasteiger charge is -2.48. The minimum absolute atomic E-state index is 0.105. The molecule has 0 spiro atoms. The summed E-state index contributed by atoms with van der Waals surface area (Å²) in [7, 11) is 0. The van der Waals surface area contributed by atoms with Crippen LogP contribution in [0.5, 0.6) is 0 Å². The number of hydrogen-bond acceptors (Lipinski definition) is 3. The second-order valence-electron chi connectivity index (χ2n) is 8.34. The molecule has 0 amide bonds. The fourth-order valence-corrected chi connectivity index (χ4v) is 5.66. The quantitative estimate of drug-likeness (QED) is 0.745. The zero-order valence-corrected chi connectivity index (χ0v) is 14.0. The van der Waals surface area contributed by atoms with Crippen LogP contribution in [0.1, 0.15) is 71.6 Å². The minimum atomic E-state index is -0.480. The number of hydrogen-bond donors (Lipinski definition) is 1. The summed E-state index contributed by atoms with van der Waals surface area (Å²) in [6, 6.07) is 0. The number of aliphatic hydroxyl groups excluding tert-OH is 1. The van der Waals surface area contributed by atoms with E-state index in [-0.39, 0.29) is 11.2 Å². The summed E-state index contributed by atoms with van der Waals surface area (Å²) in [5, 5.41) is 10.1. The maximum Gasteiger partial charge on any atom is 0.139 e. The van der Waals surface area contributed by atoms with Gasteiger partial charge < -0.3 is 5.11 Å². The third-order valence-corrected chi connectivity index (χ3v) is 7.11. The van der Waals surface area contributed by atoms with Gasteiger partial charge in [-0.05, 0) is 62.2 Å². The molecule has 0 unspecified atom stereocenters. The van der Waals surface area contributed by atoms with Crippen LogP contribution in [-0.4, -0.2) is 22.8 Å². The van der Waals surface area contributed by atoms with E-state index in [1.807, 2.05) is 0 Å². The smallest absolute Gasteiger partial charge is 0.139 e. The average Bonchev–Trinajstić information content (AvgIpc) is 2.77. The zero-order chi connectivity index (χ0) is 15.9. The molecule has 0 aromatic heterocycles. The van der Waals surface area contributed by atoms with Gasteiger partial charge in [0, 0.05) is 24.7 Å². The van der Waals surface area contributed by atoms with Gasteiger partial charge >= 0.3 is 0 Å². The van der Waals surface area contributed by atoms with Crippen molar-refractivity contribution in [3.05, 3.63) is 0 Å². The third kappa shape index (κ3) is 2.77. The highest BCUT2D eigenvalue weighted by molar-refractivity contribution is 5.87. The summed E-state index contributed by atoms with van der Waals surface area (Å²) in [6.07, 6.45) is 7.05. The van der Waals surface area contributed by atoms with E-state index in [2.05, 4.69) is 13.8 Å². The topological polar surface area (TPSA) is 54.4 Å². The number of carbonyl (C=O) groups excluding carboxylic acids is 2. The van der Waals surface area contributed by atoms with Crippen LogP contribution in [0.3, 0.4) is 0 Å². The second kappa shape index (κ2) is 6.07. The van der Waals surface area contributed by atoms with Crippen molar-refractivity contribution in [2.24, 2.45) is 29.1 Å². The van der Waals surface area contributed by atoms with E-state index in [4.69, 9.17) is 0 Å². The van der Waals surface area contributed by atoms with Gasteiger partial charge in [-0.1, -0.05) is 13.8 Å². The number of fused-ring (bicyclic) bond motifs is 3. The number of aliphatic hydroxyl groups is 1. The summed E-state index contributed by atoms with van der Waals surface area (Å²) < 4.78 is 0. The van der Waals surface area contributed by atoms with Crippen molar-refractivity contribution in [3.8, 4) is 0 Å². The fraction of sp³-hybridized carbons (Fsp3) is 0.895. The van der Waals surface area contributed by atoms with Crippen LogP contribution in [0.25, 0.3) is 0 Å². The highest BCUT2D eigenvalue weighted by atomic mass is 16.3. The van der Waals surface area contributed by atoms with Gasteiger partial charge in [0.15, 0.2) is 0 Å². The Balaban J connectivity index is 1.83. The van der Waals surface area contributed by atoms with E-state index >= 15 is 0 Å². The second-order valence-corrected chi connectivity index (χ2v) is 8.34. The van der Waals surface area contributed by atoms with Gasteiger partial charge in [0.05, 0.1) is 6.10 Å². The summed E-state index contributed by atoms with van der Waals surface area (Å²) in [5.41, 5.74) is -0.105. The van der Waals surface area contributed by atoms with Gasteiger partial charge in [-0.15, -0.1) is 0 Å². The molecule has 3 heteroatoms. The molecule has 22 heavy (non-hydrogen) atoms. The molecule has 0 saturated heterocycles. The van der Waals surface area contributed by atoms with Crippen LogP contribution >= 0.6 is 0 Å². The summed E-state index contributed by atoms with van der Waals surface area (Å²) in [5.74, 6) is 2.93. The van der Waals surface area contributed by atoms with Gasteiger partial charge in [0.1, 0.15) is 11.6 Å². The Bertz CT molecular complexity index is 458. The molecule has 3 aliphatic rings. The Labute approximate surface area is 133 Å². The lowest BCUT2D eigenvalue weighted by atomic mass is 9.56. The largest absolute Gasteiger partial charge is 0.393 e. The molecular formula is C19H30O3. The predicted molar refractivity (Wildman–Crippen MR) is 85.3 cm³/mol. The van der Waals surface area contributed by atoms with Crippen LogP contribution in [0.4, 0.5) is 0 Å². The van der Waals surface area contributed by atoms with E-state index in [9.17, 15) is 14.7 Å². The number of rotatable bonds is 0. The van der Waals surface area contributed by atoms with E-state index in [0.717, 1.165) is 44.9 Å². The van der Waals surface area contributed by atoms with Crippen LogP contribution in [0, 0.1) is 29.1 Å². The normalized spacial score (nSPS) is 47.0. The van der Waals surface area contributed by atoms with Gasteiger partial charge in [0.25, 0.3) is 0 Å². The standard InChI is InChI=1S/C19H30O3/c1-12-3-4-13(20)11-14(21)5-6-16-15(12)9-10-19(2)17(16)7-8-18(19)22/h12,14-17,21H,3-11H2,1-2H3/t12-,14-,15+,16+,17-,19-/m0/s1. The molecular weight excluding hydrogens is 276 g/mol. The van der Waals surface area contributed by atoms with Gasteiger partial charge in [-0.2, -0.15) is 0 Å².